The summed E-state index contributed by atoms with van der Waals surface area (Å²) in [6.45, 7) is 4.16. The number of hydrogen-bond donors (Lipinski definition) is 1. The first-order valence-electron chi connectivity index (χ1n) is 15.9. The number of amides is 1. The van der Waals surface area contributed by atoms with E-state index < -0.39 is 11.6 Å². The molecule has 12 heteroatoms. The summed E-state index contributed by atoms with van der Waals surface area (Å²) >= 11 is 0. The van der Waals surface area contributed by atoms with Crippen molar-refractivity contribution in [3.63, 3.8) is 0 Å². The number of hydrogen-bond acceptors (Lipinski definition) is 8. The van der Waals surface area contributed by atoms with Crippen LogP contribution in [0.4, 0.5) is 14.6 Å². The fourth-order valence-electron chi connectivity index (χ4n) is 7.55. The molecule has 0 bridgehead atoms. The summed E-state index contributed by atoms with van der Waals surface area (Å²) in [4.78, 5) is 30.9. The molecule has 1 amide bonds. The summed E-state index contributed by atoms with van der Waals surface area (Å²) in [5.74, 6) is -0.877. The molecule has 3 aliphatic rings. The van der Waals surface area contributed by atoms with E-state index in [1.54, 1.807) is 49.6 Å². The monoisotopic (exact) mass is 624 g/mol. The number of aromatic nitrogens is 5. The van der Waals surface area contributed by atoms with Crippen molar-refractivity contribution in [1.82, 2.24) is 34.9 Å². The Labute approximate surface area is 264 Å². The summed E-state index contributed by atoms with van der Waals surface area (Å²) in [7, 11) is 1.58. The number of rotatable bonds is 6. The zero-order valence-electron chi connectivity index (χ0n) is 25.6. The smallest absolute Gasteiger partial charge is 0.319 e. The molecule has 0 saturated carbocycles. The number of carbonyl (C=O) groups excluding carboxylic acids is 1. The predicted octanol–water partition coefficient (Wildman–Crippen LogP) is 5.10. The first kappa shape index (κ1) is 28.7. The molecule has 46 heavy (non-hydrogen) atoms. The van der Waals surface area contributed by atoms with Crippen LogP contribution >= 0.6 is 0 Å². The molecule has 1 N–H and O–H groups in total. The molecule has 5 aromatic rings. The quantitative estimate of drug-likeness (QED) is 0.279. The average Bonchev–Trinajstić information content (AvgIpc) is 3.74. The van der Waals surface area contributed by atoms with E-state index in [-0.39, 0.29) is 28.7 Å². The lowest BCUT2D eigenvalue weighted by Crippen LogP contribution is -2.43. The summed E-state index contributed by atoms with van der Waals surface area (Å²) in [6.07, 6.45) is 6.64. The first-order chi connectivity index (χ1) is 22.4. The second kappa shape index (κ2) is 11.3. The molecule has 0 unspecified atom stereocenters. The Morgan fingerprint density at radius 1 is 1.02 bits per heavy atom. The largest absolute Gasteiger partial charge is 0.461 e. The topological polar surface area (TPSA) is 101 Å². The van der Waals surface area contributed by atoms with Gasteiger partial charge in [-0.2, -0.15) is 15.1 Å². The standard InChI is InChI=1S/C34H34F2N8O2/c1-37-32(45)26-17-22-19-42(13-6-16-44(22)41-26)31-24-18-38-29(23-9-2-7-21-8-3-10-25(35)27(21)23)28(36)30(24)39-33(40-31)46-20-34-11-4-14-43(34)15-5-12-34/h2-3,7-10,17-18H,4-6,11-16,19-20H2,1H3,(H,37,45). The van der Waals surface area contributed by atoms with Crippen LogP contribution in [0.15, 0.2) is 48.7 Å². The highest BCUT2D eigenvalue weighted by molar-refractivity contribution is 5.99. The Hall–Kier alpha value is -4.71. The van der Waals surface area contributed by atoms with Gasteiger partial charge < -0.3 is 15.0 Å². The third kappa shape index (κ3) is 4.74. The number of carbonyl (C=O) groups is 1. The maximum atomic E-state index is 16.7. The Kier molecular flexibility index (Phi) is 7.04. The maximum absolute atomic E-state index is 16.7. The van der Waals surface area contributed by atoms with Crippen LogP contribution in [-0.4, -0.2) is 74.4 Å². The minimum atomic E-state index is -0.662. The normalized spacial score (nSPS) is 17.7. The third-order valence-corrected chi connectivity index (χ3v) is 9.81. The second-order valence-corrected chi connectivity index (χ2v) is 12.5. The predicted molar refractivity (Wildman–Crippen MR) is 170 cm³/mol. The van der Waals surface area contributed by atoms with Crippen molar-refractivity contribution in [2.24, 2.45) is 0 Å². The van der Waals surface area contributed by atoms with Crippen LogP contribution in [0, 0.1) is 11.6 Å². The highest BCUT2D eigenvalue weighted by atomic mass is 19.1. The van der Waals surface area contributed by atoms with Gasteiger partial charge in [0.25, 0.3) is 5.91 Å². The zero-order valence-corrected chi connectivity index (χ0v) is 25.6. The molecule has 2 fully saturated rings. The summed E-state index contributed by atoms with van der Waals surface area (Å²) in [5.41, 5.74) is 1.56. The number of anilines is 1. The zero-order chi connectivity index (χ0) is 31.4. The molecule has 2 aromatic carbocycles. The van der Waals surface area contributed by atoms with E-state index >= 15 is 8.78 Å². The highest BCUT2D eigenvalue weighted by Crippen LogP contribution is 2.40. The van der Waals surface area contributed by atoms with Crippen molar-refractivity contribution in [2.45, 2.75) is 50.7 Å². The van der Waals surface area contributed by atoms with Crippen LogP contribution in [-0.2, 0) is 13.1 Å². The maximum Gasteiger partial charge on any atom is 0.319 e. The van der Waals surface area contributed by atoms with Gasteiger partial charge in [0.15, 0.2) is 5.82 Å². The molecule has 0 spiro atoms. The highest BCUT2D eigenvalue weighted by Gasteiger charge is 2.45. The molecule has 6 heterocycles. The van der Waals surface area contributed by atoms with E-state index in [2.05, 4.69) is 25.3 Å². The van der Waals surface area contributed by atoms with Crippen molar-refractivity contribution in [1.29, 1.82) is 0 Å². The van der Waals surface area contributed by atoms with Gasteiger partial charge in [0.05, 0.1) is 23.2 Å². The Balaban J connectivity index is 1.25. The van der Waals surface area contributed by atoms with Crippen LogP contribution < -0.4 is 15.0 Å². The first-order valence-corrected chi connectivity index (χ1v) is 15.9. The second-order valence-electron chi connectivity index (χ2n) is 12.5. The van der Waals surface area contributed by atoms with Crippen molar-refractivity contribution in [3.05, 3.63) is 71.7 Å². The van der Waals surface area contributed by atoms with Crippen LogP contribution in [0.25, 0.3) is 32.9 Å². The van der Waals surface area contributed by atoms with E-state index in [4.69, 9.17) is 9.72 Å². The Bertz CT molecular complexity index is 1980. The summed E-state index contributed by atoms with van der Waals surface area (Å²) < 4.78 is 40.0. The summed E-state index contributed by atoms with van der Waals surface area (Å²) in [6, 6.07) is 11.9. The number of benzene rings is 2. The van der Waals surface area contributed by atoms with Gasteiger partial charge in [-0.1, -0.05) is 30.3 Å². The van der Waals surface area contributed by atoms with E-state index in [1.807, 2.05) is 9.58 Å². The van der Waals surface area contributed by atoms with Crippen molar-refractivity contribution in [2.75, 3.05) is 38.2 Å². The summed E-state index contributed by atoms with van der Waals surface area (Å²) in [5, 5.41) is 8.51. The van der Waals surface area contributed by atoms with Gasteiger partial charge in [0.1, 0.15) is 35.1 Å². The van der Waals surface area contributed by atoms with Crippen LogP contribution in [0.3, 0.4) is 0 Å². The number of nitrogens with one attached hydrogen (secondary N) is 1. The van der Waals surface area contributed by atoms with Crippen molar-refractivity contribution in [3.8, 4) is 17.3 Å². The van der Waals surface area contributed by atoms with Crippen molar-refractivity contribution >= 4 is 33.4 Å². The molecular weight excluding hydrogens is 590 g/mol. The molecule has 0 aliphatic carbocycles. The average molecular weight is 625 g/mol. The van der Waals surface area contributed by atoms with Gasteiger partial charge in [-0.15, -0.1) is 0 Å². The molecule has 0 radical (unpaired) electrons. The number of halogens is 2. The van der Waals surface area contributed by atoms with Gasteiger partial charge in [0.2, 0.25) is 0 Å². The molecule has 2 saturated heterocycles. The van der Waals surface area contributed by atoms with Gasteiger partial charge in [-0.25, -0.2) is 8.78 Å². The molecule has 3 aliphatic heterocycles. The van der Waals surface area contributed by atoms with Gasteiger partial charge in [-0.05, 0) is 62.7 Å². The molecular formula is C34H34F2N8O2. The number of nitrogens with zero attached hydrogens (tertiary/aromatic N) is 7. The lowest BCUT2D eigenvalue weighted by atomic mass is 9.95. The van der Waals surface area contributed by atoms with Gasteiger partial charge >= 0.3 is 6.01 Å². The number of ether oxygens (including phenoxy) is 1. The molecule has 10 nitrogen and oxygen atoms in total. The van der Waals surface area contributed by atoms with E-state index in [0.717, 1.165) is 50.9 Å². The number of pyridine rings is 1. The van der Waals surface area contributed by atoms with Gasteiger partial charge in [0, 0.05) is 37.3 Å². The minimum Gasteiger partial charge on any atom is -0.461 e. The van der Waals surface area contributed by atoms with E-state index in [0.29, 0.717) is 59.5 Å². The fourth-order valence-corrected chi connectivity index (χ4v) is 7.55. The fraction of sp³-hybridized carbons (Fsp3) is 0.382. The lowest BCUT2D eigenvalue weighted by molar-refractivity contribution is 0.0957. The van der Waals surface area contributed by atoms with E-state index in [1.165, 1.54) is 6.07 Å². The Morgan fingerprint density at radius 2 is 1.83 bits per heavy atom. The van der Waals surface area contributed by atoms with Crippen LogP contribution in [0.1, 0.15) is 48.3 Å². The number of fused-ring (bicyclic) bond motifs is 4. The van der Waals surface area contributed by atoms with Crippen LogP contribution in [0.2, 0.25) is 0 Å². The minimum absolute atomic E-state index is 0.0133. The third-order valence-electron chi connectivity index (χ3n) is 9.81. The molecule has 8 rings (SSSR count). The van der Waals surface area contributed by atoms with E-state index in [9.17, 15) is 4.79 Å². The molecule has 0 atom stereocenters. The number of aryl methyl sites for hydroxylation is 1. The van der Waals surface area contributed by atoms with Gasteiger partial charge in [-0.3, -0.25) is 19.4 Å². The van der Waals surface area contributed by atoms with Crippen LogP contribution in [0.5, 0.6) is 6.01 Å². The van der Waals surface area contributed by atoms with Crippen molar-refractivity contribution < 1.29 is 18.3 Å². The SMILES string of the molecule is CNC(=O)c1cc2n(n1)CCCN(c1nc(OCC34CCCN3CCC4)nc3c(F)c(-c4cccc5cccc(F)c45)ncc13)C2. The lowest BCUT2D eigenvalue weighted by Gasteiger charge is -2.31. The molecule has 236 valence electrons. The Morgan fingerprint density at radius 3 is 2.63 bits per heavy atom. The molecule has 3 aromatic heterocycles.